The quantitative estimate of drug-likeness (QED) is 0.467. The third-order valence-corrected chi connectivity index (χ3v) is 8.57. The van der Waals surface area contributed by atoms with Crippen LogP contribution in [-0.2, 0) is 25.7 Å². The van der Waals surface area contributed by atoms with Crippen molar-refractivity contribution < 1.29 is 0 Å². The highest BCUT2D eigenvalue weighted by molar-refractivity contribution is 7.22. The molecule has 168 valence electrons. The number of nitrogens with zero attached hydrogens (tertiary/aromatic N) is 4. The standard InChI is InChI=1S/2C12H15N3S/c1-15(2)9-3-7-5-10-11(6-8(7)4-9)16-12(13)14-10;1-15(2)8-5-7-3-4-10-11(9(7)6-8)16-12(13)14-10/h5-6,9H,3-4H2,1-2H3,(H2,13,14);3-4,8H,5-6H2,1-2H3,(H2,13,14). The van der Waals surface area contributed by atoms with Crippen LogP contribution in [0.25, 0.3) is 20.4 Å². The zero-order valence-electron chi connectivity index (χ0n) is 19.1. The van der Waals surface area contributed by atoms with E-state index in [9.17, 15) is 0 Å². The van der Waals surface area contributed by atoms with Crippen LogP contribution in [0.15, 0.2) is 24.3 Å². The second-order valence-electron chi connectivity index (χ2n) is 9.30. The van der Waals surface area contributed by atoms with Gasteiger partial charge >= 0.3 is 0 Å². The Balaban J connectivity index is 0.000000135. The van der Waals surface area contributed by atoms with Crippen LogP contribution in [0, 0.1) is 0 Å². The molecule has 2 aliphatic rings. The highest BCUT2D eigenvalue weighted by Crippen LogP contribution is 2.35. The first-order valence-corrected chi connectivity index (χ1v) is 12.6. The Labute approximate surface area is 196 Å². The molecule has 0 amide bonds. The highest BCUT2D eigenvalue weighted by atomic mass is 32.1. The summed E-state index contributed by atoms with van der Waals surface area (Å²) in [7, 11) is 8.59. The molecular weight excluding hydrogens is 436 g/mol. The van der Waals surface area contributed by atoms with E-state index in [-0.39, 0.29) is 0 Å². The van der Waals surface area contributed by atoms with Gasteiger partial charge in [0.05, 0.1) is 20.4 Å². The van der Waals surface area contributed by atoms with Gasteiger partial charge in [-0.1, -0.05) is 28.7 Å². The molecule has 32 heavy (non-hydrogen) atoms. The van der Waals surface area contributed by atoms with Gasteiger partial charge in [-0.2, -0.15) is 0 Å². The maximum atomic E-state index is 5.78. The average molecular weight is 467 g/mol. The van der Waals surface area contributed by atoms with E-state index in [1.54, 1.807) is 22.7 Å². The lowest BCUT2D eigenvalue weighted by atomic mass is 10.1. The second-order valence-corrected chi connectivity index (χ2v) is 11.4. The molecule has 6 rings (SSSR count). The molecule has 4 aromatic rings. The molecule has 4 N–H and O–H groups in total. The number of anilines is 2. The van der Waals surface area contributed by atoms with Gasteiger partial charge in [0, 0.05) is 12.1 Å². The average Bonchev–Trinajstić information content (AvgIpc) is 3.48. The van der Waals surface area contributed by atoms with Gasteiger partial charge < -0.3 is 21.3 Å². The summed E-state index contributed by atoms with van der Waals surface area (Å²) in [4.78, 5) is 13.3. The van der Waals surface area contributed by atoms with E-state index in [1.165, 1.54) is 31.7 Å². The van der Waals surface area contributed by atoms with Crippen molar-refractivity contribution in [2.24, 2.45) is 0 Å². The third kappa shape index (κ3) is 3.96. The Kier molecular flexibility index (Phi) is 5.57. The Hall–Kier alpha value is -2.26. The van der Waals surface area contributed by atoms with E-state index in [2.05, 4.69) is 72.2 Å². The fraction of sp³-hybridized carbons (Fsp3) is 0.417. The van der Waals surface area contributed by atoms with E-state index in [0.29, 0.717) is 22.3 Å². The summed E-state index contributed by atoms with van der Waals surface area (Å²) in [5, 5.41) is 1.35. The van der Waals surface area contributed by atoms with Crippen molar-refractivity contribution in [3.8, 4) is 0 Å². The fourth-order valence-corrected chi connectivity index (χ4v) is 6.54. The molecule has 0 bridgehead atoms. The van der Waals surface area contributed by atoms with Crippen LogP contribution in [0.5, 0.6) is 0 Å². The predicted octanol–water partition coefficient (Wildman–Crippen LogP) is 3.81. The molecule has 8 heteroatoms. The minimum atomic E-state index is 0.629. The van der Waals surface area contributed by atoms with Crippen molar-refractivity contribution in [3.63, 3.8) is 0 Å². The van der Waals surface area contributed by atoms with E-state index in [0.717, 1.165) is 36.7 Å². The number of nitrogens with two attached hydrogens (primary N) is 2. The summed E-state index contributed by atoms with van der Waals surface area (Å²) in [5.41, 5.74) is 19.5. The van der Waals surface area contributed by atoms with Gasteiger partial charge in [0.2, 0.25) is 0 Å². The Morgan fingerprint density at radius 2 is 1.34 bits per heavy atom. The number of hydrogen-bond acceptors (Lipinski definition) is 8. The van der Waals surface area contributed by atoms with Crippen molar-refractivity contribution in [2.45, 2.75) is 37.8 Å². The number of aromatic nitrogens is 2. The summed E-state index contributed by atoms with van der Waals surface area (Å²) in [6.45, 7) is 0. The second kappa shape index (κ2) is 8.26. The number of hydrogen-bond donors (Lipinski definition) is 2. The van der Waals surface area contributed by atoms with Crippen molar-refractivity contribution in [1.82, 2.24) is 19.8 Å². The summed E-state index contributed by atoms with van der Waals surface area (Å²) in [5.74, 6) is 0. The van der Waals surface area contributed by atoms with E-state index < -0.39 is 0 Å². The van der Waals surface area contributed by atoms with Crippen LogP contribution in [0.3, 0.4) is 0 Å². The molecule has 0 saturated carbocycles. The smallest absolute Gasteiger partial charge is 0.181 e. The third-order valence-electron chi connectivity index (χ3n) is 6.77. The van der Waals surface area contributed by atoms with Gasteiger partial charge in [-0.05, 0) is 94.3 Å². The fourth-order valence-electron chi connectivity index (χ4n) is 4.85. The van der Waals surface area contributed by atoms with Crippen molar-refractivity contribution >= 4 is 53.4 Å². The summed E-state index contributed by atoms with van der Waals surface area (Å²) >= 11 is 3.20. The van der Waals surface area contributed by atoms with Gasteiger partial charge in [0.15, 0.2) is 10.3 Å². The molecular formula is C24H30N6S2. The van der Waals surface area contributed by atoms with Gasteiger partial charge in [0.1, 0.15) is 0 Å². The largest absolute Gasteiger partial charge is 0.375 e. The van der Waals surface area contributed by atoms with Crippen molar-refractivity contribution in [1.29, 1.82) is 0 Å². The first-order chi connectivity index (χ1) is 15.3. The normalized spacial score (nSPS) is 19.6. The molecule has 2 aromatic carbocycles. The lowest BCUT2D eigenvalue weighted by Crippen LogP contribution is -2.27. The van der Waals surface area contributed by atoms with Crippen LogP contribution in [0.4, 0.5) is 10.3 Å². The highest BCUT2D eigenvalue weighted by Gasteiger charge is 2.26. The minimum absolute atomic E-state index is 0.629. The monoisotopic (exact) mass is 466 g/mol. The molecule has 2 heterocycles. The van der Waals surface area contributed by atoms with E-state index in [1.807, 2.05) is 0 Å². The molecule has 2 unspecified atom stereocenters. The topological polar surface area (TPSA) is 84.3 Å². The maximum Gasteiger partial charge on any atom is 0.181 e. The van der Waals surface area contributed by atoms with Gasteiger partial charge in [-0.15, -0.1) is 0 Å². The molecule has 0 spiro atoms. The van der Waals surface area contributed by atoms with Gasteiger partial charge in [-0.25, -0.2) is 9.97 Å². The van der Waals surface area contributed by atoms with Crippen LogP contribution < -0.4 is 11.5 Å². The number of rotatable bonds is 2. The Morgan fingerprint density at radius 1 is 0.750 bits per heavy atom. The molecule has 0 radical (unpaired) electrons. The van der Waals surface area contributed by atoms with Crippen LogP contribution in [0.1, 0.15) is 22.3 Å². The molecule has 2 aliphatic carbocycles. The van der Waals surface area contributed by atoms with Gasteiger partial charge in [0.25, 0.3) is 0 Å². The van der Waals surface area contributed by atoms with Crippen LogP contribution >= 0.6 is 22.7 Å². The van der Waals surface area contributed by atoms with Crippen LogP contribution in [0.2, 0.25) is 0 Å². The first kappa shape index (κ1) is 21.6. The number of nitrogen functional groups attached to an aromatic ring is 2. The zero-order chi connectivity index (χ0) is 22.6. The zero-order valence-corrected chi connectivity index (χ0v) is 20.7. The van der Waals surface area contributed by atoms with Crippen molar-refractivity contribution in [3.05, 3.63) is 46.5 Å². The first-order valence-electron chi connectivity index (χ1n) is 11.0. The molecule has 2 atom stereocenters. The molecule has 0 aliphatic heterocycles. The van der Waals surface area contributed by atoms with E-state index >= 15 is 0 Å². The summed E-state index contributed by atoms with van der Waals surface area (Å²) < 4.78 is 2.51. The van der Waals surface area contributed by atoms with Crippen molar-refractivity contribution in [2.75, 3.05) is 39.7 Å². The van der Waals surface area contributed by atoms with E-state index in [4.69, 9.17) is 11.5 Å². The Bertz CT molecular complexity index is 1240. The maximum absolute atomic E-state index is 5.78. The Morgan fingerprint density at radius 3 is 2.06 bits per heavy atom. The number of benzene rings is 2. The number of likely N-dealkylation sites (N-methyl/N-ethyl adjacent to an activating group) is 2. The molecule has 6 nitrogen and oxygen atoms in total. The van der Waals surface area contributed by atoms with Gasteiger partial charge in [-0.3, -0.25) is 0 Å². The van der Waals surface area contributed by atoms with Crippen LogP contribution in [-0.4, -0.2) is 60.0 Å². The predicted molar refractivity (Wildman–Crippen MR) is 138 cm³/mol. The number of fused-ring (bicyclic) bond motifs is 5. The summed E-state index contributed by atoms with van der Waals surface area (Å²) in [6, 6.07) is 10.1. The molecule has 0 fully saturated rings. The molecule has 0 saturated heterocycles. The molecule has 2 aromatic heterocycles. The number of thiazole rings is 2. The SMILES string of the molecule is CN(C)C1Cc2cc3nc(N)sc3cc2C1.CN(C)C1Cc2ccc3nc(N)sc3c2C1. The minimum Gasteiger partial charge on any atom is -0.375 e. The summed E-state index contributed by atoms with van der Waals surface area (Å²) in [6.07, 6.45) is 4.56. The lowest BCUT2D eigenvalue weighted by molar-refractivity contribution is 0.303. The lowest BCUT2D eigenvalue weighted by Gasteiger charge is -2.17.